The van der Waals surface area contributed by atoms with E-state index in [0.29, 0.717) is 5.82 Å². The normalized spacial score (nSPS) is 10.2. The van der Waals surface area contributed by atoms with Crippen LogP contribution in [-0.4, -0.2) is 9.97 Å². The number of thiophene rings is 1. The number of anilines is 2. The van der Waals surface area contributed by atoms with Crippen molar-refractivity contribution in [2.75, 3.05) is 11.5 Å². The summed E-state index contributed by atoms with van der Waals surface area (Å²) in [5.74, 6) is 0.632. The lowest BCUT2D eigenvalue weighted by Gasteiger charge is -2.01. The molecule has 0 amide bonds. The quantitative estimate of drug-likeness (QED) is 0.715. The Morgan fingerprint density at radius 2 is 2.15 bits per heavy atom. The topological polar surface area (TPSA) is 77.8 Å². The summed E-state index contributed by atoms with van der Waals surface area (Å²) in [6.07, 6.45) is 1.64. The Morgan fingerprint density at radius 3 is 2.77 bits per heavy atom. The first kappa shape index (κ1) is 8.00. The highest BCUT2D eigenvalue weighted by atomic mass is 32.1. The minimum absolute atomic E-state index is 0.206. The molecule has 0 aromatic carbocycles. The van der Waals surface area contributed by atoms with Gasteiger partial charge in [-0.05, 0) is 11.4 Å². The Bertz CT molecular complexity index is 410. The summed E-state index contributed by atoms with van der Waals surface area (Å²) in [7, 11) is 0. The summed E-state index contributed by atoms with van der Waals surface area (Å²) in [5.41, 5.74) is 11.9. The molecule has 66 valence electrons. The van der Waals surface area contributed by atoms with Gasteiger partial charge in [0.25, 0.3) is 0 Å². The van der Waals surface area contributed by atoms with E-state index in [-0.39, 0.29) is 5.95 Å². The van der Waals surface area contributed by atoms with Crippen molar-refractivity contribution in [3.05, 3.63) is 23.7 Å². The van der Waals surface area contributed by atoms with Crippen molar-refractivity contribution < 1.29 is 0 Å². The SMILES string of the molecule is Nc1ncc(-c2cccs2)c(N)n1. The molecule has 4 nitrogen and oxygen atoms in total. The van der Waals surface area contributed by atoms with Crippen molar-refractivity contribution in [3.8, 4) is 10.4 Å². The van der Waals surface area contributed by atoms with E-state index >= 15 is 0 Å². The Balaban J connectivity index is 2.53. The zero-order valence-electron chi connectivity index (χ0n) is 6.77. The third kappa shape index (κ3) is 1.46. The third-order valence-electron chi connectivity index (χ3n) is 1.62. The molecule has 0 fully saturated rings. The van der Waals surface area contributed by atoms with Crippen LogP contribution in [0, 0.1) is 0 Å². The molecule has 0 aliphatic heterocycles. The standard InChI is InChI=1S/C8H8N4S/c9-7-5(4-11-8(10)12-7)6-2-1-3-13-6/h1-4H,(H4,9,10,11,12). The second-order valence-corrected chi connectivity index (χ2v) is 3.45. The highest BCUT2D eigenvalue weighted by Gasteiger charge is 2.05. The van der Waals surface area contributed by atoms with Gasteiger partial charge in [0, 0.05) is 11.1 Å². The molecule has 0 bridgehead atoms. The van der Waals surface area contributed by atoms with Gasteiger partial charge in [-0.1, -0.05) is 6.07 Å². The van der Waals surface area contributed by atoms with Gasteiger partial charge in [-0.3, -0.25) is 0 Å². The summed E-state index contributed by atoms with van der Waals surface area (Å²) in [6, 6.07) is 3.92. The third-order valence-corrected chi connectivity index (χ3v) is 2.53. The molecule has 2 aromatic rings. The summed E-state index contributed by atoms with van der Waals surface area (Å²) >= 11 is 1.60. The van der Waals surface area contributed by atoms with Crippen LogP contribution in [0.25, 0.3) is 10.4 Å². The maximum Gasteiger partial charge on any atom is 0.221 e. The fourth-order valence-corrected chi connectivity index (χ4v) is 1.78. The molecule has 0 saturated heterocycles. The Kier molecular flexibility index (Phi) is 1.86. The van der Waals surface area contributed by atoms with Crippen LogP contribution in [-0.2, 0) is 0 Å². The molecule has 13 heavy (non-hydrogen) atoms. The van der Waals surface area contributed by atoms with Crippen molar-refractivity contribution in [2.45, 2.75) is 0 Å². The number of hydrogen-bond acceptors (Lipinski definition) is 5. The second kappa shape index (κ2) is 3.02. The molecule has 0 unspecified atom stereocenters. The zero-order chi connectivity index (χ0) is 9.26. The van der Waals surface area contributed by atoms with Crippen LogP contribution in [0.15, 0.2) is 23.7 Å². The molecule has 0 atom stereocenters. The first-order valence-electron chi connectivity index (χ1n) is 3.69. The first-order valence-corrected chi connectivity index (χ1v) is 4.57. The van der Waals surface area contributed by atoms with Gasteiger partial charge in [-0.2, -0.15) is 4.98 Å². The van der Waals surface area contributed by atoms with Gasteiger partial charge in [0.2, 0.25) is 5.95 Å². The summed E-state index contributed by atoms with van der Waals surface area (Å²) in [4.78, 5) is 8.82. The molecule has 0 aliphatic carbocycles. The van der Waals surface area contributed by atoms with Crippen LogP contribution in [0.5, 0.6) is 0 Å². The highest BCUT2D eigenvalue weighted by molar-refractivity contribution is 7.13. The molecule has 0 radical (unpaired) electrons. The largest absolute Gasteiger partial charge is 0.383 e. The number of nitrogens with two attached hydrogens (primary N) is 2. The molecule has 2 rings (SSSR count). The van der Waals surface area contributed by atoms with Crippen LogP contribution in [0.2, 0.25) is 0 Å². The van der Waals surface area contributed by atoms with E-state index in [4.69, 9.17) is 11.5 Å². The van der Waals surface area contributed by atoms with Gasteiger partial charge in [0.05, 0.1) is 5.56 Å². The minimum atomic E-state index is 0.206. The number of nitrogens with zero attached hydrogens (tertiary/aromatic N) is 2. The fourth-order valence-electron chi connectivity index (χ4n) is 1.03. The van der Waals surface area contributed by atoms with Crippen LogP contribution >= 0.6 is 11.3 Å². The maximum atomic E-state index is 5.69. The number of rotatable bonds is 1. The summed E-state index contributed by atoms with van der Waals surface area (Å²) in [5, 5.41) is 1.98. The van der Waals surface area contributed by atoms with E-state index in [1.807, 2.05) is 17.5 Å². The molecule has 2 aromatic heterocycles. The lowest BCUT2D eigenvalue weighted by Crippen LogP contribution is -2.00. The van der Waals surface area contributed by atoms with E-state index in [1.165, 1.54) is 0 Å². The van der Waals surface area contributed by atoms with E-state index in [2.05, 4.69) is 9.97 Å². The molecule has 0 aliphatic rings. The van der Waals surface area contributed by atoms with Gasteiger partial charge in [0.15, 0.2) is 0 Å². The van der Waals surface area contributed by atoms with Crippen LogP contribution in [0.4, 0.5) is 11.8 Å². The van der Waals surface area contributed by atoms with E-state index in [9.17, 15) is 0 Å². The van der Waals surface area contributed by atoms with Gasteiger partial charge >= 0.3 is 0 Å². The fraction of sp³-hybridized carbons (Fsp3) is 0. The molecule has 0 spiro atoms. The van der Waals surface area contributed by atoms with Crippen molar-refractivity contribution in [1.82, 2.24) is 9.97 Å². The Morgan fingerprint density at radius 1 is 1.31 bits per heavy atom. The monoisotopic (exact) mass is 192 g/mol. The first-order chi connectivity index (χ1) is 6.27. The smallest absolute Gasteiger partial charge is 0.221 e. The van der Waals surface area contributed by atoms with Gasteiger partial charge in [-0.25, -0.2) is 4.98 Å². The van der Waals surface area contributed by atoms with Gasteiger partial charge in [-0.15, -0.1) is 11.3 Å². The molecule has 4 N–H and O–H groups in total. The van der Waals surface area contributed by atoms with Crippen molar-refractivity contribution in [1.29, 1.82) is 0 Å². The second-order valence-electron chi connectivity index (χ2n) is 2.50. The molecule has 0 saturated carbocycles. The lowest BCUT2D eigenvalue weighted by molar-refractivity contribution is 1.20. The number of nitrogen functional groups attached to an aromatic ring is 2. The highest BCUT2D eigenvalue weighted by Crippen LogP contribution is 2.27. The van der Waals surface area contributed by atoms with E-state index < -0.39 is 0 Å². The number of aromatic nitrogens is 2. The van der Waals surface area contributed by atoms with Gasteiger partial charge in [0.1, 0.15) is 5.82 Å². The number of hydrogen-bond donors (Lipinski definition) is 2. The van der Waals surface area contributed by atoms with Crippen LogP contribution < -0.4 is 11.5 Å². The van der Waals surface area contributed by atoms with E-state index in [0.717, 1.165) is 10.4 Å². The van der Waals surface area contributed by atoms with Crippen molar-refractivity contribution >= 4 is 23.1 Å². The average Bonchev–Trinajstić information content (AvgIpc) is 2.56. The Hall–Kier alpha value is -1.62. The van der Waals surface area contributed by atoms with Crippen LogP contribution in [0.1, 0.15) is 0 Å². The molecular formula is C8H8N4S. The van der Waals surface area contributed by atoms with Crippen LogP contribution in [0.3, 0.4) is 0 Å². The predicted molar refractivity (Wildman–Crippen MR) is 54.2 cm³/mol. The summed E-state index contributed by atoms with van der Waals surface area (Å²) in [6.45, 7) is 0. The summed E-state index contributed by atoms with van der Waals surface area (Å²) < 4.78 is 0. The average molecular weight is 192 g/mol. The van der Waals surface area contributed by atoms with E-state index in [1.54, 1.807) is 17.5 Å². The van der Waals surface area contributed by atoms with Crippen molar-refractivity contribution in [2.24, 2.45) is 0 Å². The molecular weight excluding hydrogens is 184 g/mol. The van der Waals surface area contributed by atoms with Gasteiger partial charge < -0.3 is 11.5 Å². The minimum Gasteiger partial charge on any atom is -0.383 e. The zero-order valence-corrected chi connectivity index (χ0v) is 7.58. The maximum absolute atomic E-state index is 5.69. The molecule has 2 heterocycles. The van der Waals surface area contributed by atoms with Crippen molar-refractivity contribution in [3.63, 3.8) is 0 Å². The molecule has 5 heteroatoms. The Labute approximate surface area is 79.2 Å². The predicted octanol–water partition coefficient (Wildman–Crippen LogP) is 1.37. The lowest BCUT2D eigenvalue weighted by atomic mass is 10.2.